The van der Waals surface area contributed by atoms with Gasteiger partial charge >= 0.3 is 0 Å². The minimum absolute atomic E-state index is 0.131. The molecule has 0 spiro atoms. The Morgan fingerprint density at radius 2 is 1.87 bits per heavy atom. The summed E-state index contributed by atoms with van der Waals surface area (Å²) in [4.78, 5) is 14.5. The zero-order valence-corrected chi connectivity index (χ0v) is 14.6. The van der Waals surface area contributed by atoms with Gasteiger partial charge in [-0.25, -0.2) is 8.42 Å². The summed E-state index contributed by atoms with van der Waals surface area (Å²) in [7, 11) is -3.55. The molecule has 23 heavy (non-hydrogen) atoms. The van der Waals surface area contributed by atoms with E-state index in [0.717, 1.165) is 12.8 Å². The van der Waals surface area contributed by atoms with Gasteiger partial charge in [0.25, 0.3) is 5.91 Å². The molecule has 6 nitrogen and oxygen atoms in total. The van der Waals surface area contributed by atoms with E-state index in [9.17, 15) is 13.2 Å². The third-order valence-electron chi connectivity index (χ3n) is 4.25. The Balaban J connectivity index is 2.24. The standard InChI is InChI=1S/C16H25N3O3S/c1-3-19(4-2)23(21,22)15-7-5-6-13(12-15)16(20)18-10-8-14(17)9-11-18/h5-7,12,14H,3-4,8-11,17H2,1-2H3. The minimum Gasteiger partial charge on any atom is -0.339 e. The molecule has 128 valence electrons. The summed E-state index contributed by atoms with van der Waals surface area (Å²) in [5, 5.41) is 0. The number of rotatable bonds is 5. The monoisotopic (exact) mass is 339 g/mol. The second-order valence-electron chi connectivity index (χ2n) is 5.75. The fourth-order valence-electron chi connectivity index (χ4n) is 2.79. The number of likely N-dealkylation sites (tertiary alicyclic amines) is 1. The smallest absolute Gasteiger partial charge is 0.253 e. The highest BCUT2D eigenvalue weighted by molar-refractivity contribution is 7.89. The number of nitrogens with zero attached hydrogens (tertiary/aromatic N) is 2. The van der Waals surface area contributed by atoms with Gasteiger partial charge in [-0.1, -0.05) is 19.9 Å². The van der Waals surface area contributed by atoms with Crippen molar-refractivity contribution in [1.29, 1.82) is 0 Å². The van der Waals surface area contributed by atoms with Crippen molar-refractivity contribution >= 4 is 15.9 Å². The molecule has 2 rings (SSSR count). The number of hydrogen-bond donors (Lipinski definition) is 1. The van der Waals surface area contributed by atoms with E-state index in [0.29, 0.717) is 31.7 Å². The average Bonchev–Trinajstić information content (AvgIpc) is 2.56. The van der Waals surface area contributed by atoms with Crippen molar-refractivity contribution in [2.75, 3.05) is 26.2 Å². The molecule has 1 saturated heterocycles. The minimum atomic E-state index is -3.55. The van der Waals surface area contributed by atoms with Gasteiger partial charge in [-0.3, -0.25) is 4.79 Å². The van der Waals surface area contributed by atoms with Crippen LogP contribution in [0.2, 0.25) is 0 Å². The number of amides is 1. The van der Waals surface area contributed by atoms with Crippen LogP contribution in [0.1, 0.15) is 37.0 Å². The number of sulfonamides is 1. The first-order valence-electron chi connectivity index (χ1n) is 8.05. The SMILES string of the molecule is CCN(CC)S(=O)(=O)c1cccc(C(=O)N2CCC(N)CC2)c1. The van der Waals surface area contributed by atoms with Crippen LogP contribution in [0.15, 0.2) is 29.2 Å². The van der Waals surface area contributed by atoms with E-state index in [2.05, 4.69) is 0 Å². The van der Waals surface area contributed by atoms with Crippen LogP contribution in [-0.4, -0.2) is 55.8 Å². The Labute approximate surface area is 138 Å². The number of nitrogens with two attached hydrogens (primary N) is 1. The first-order valence-corrected chi connectivity index (χ1v) is 9.49. The molecule has 0 aliphatic carbocycles. The summed E-state index contributed by atoms with van der Waals surface area (Å²) < 4.78 is 26.5. The van der Waals surface area contributed by atoms with Crippen molar-refractivity contribution < 1.29 is 13.2 Å². The third-order valence-corrected chi connectivity index (χ3v) is 6.30. The van der Waals surface area contributed by atoms with Crippen LogP contribution in [-0.2, 0) is 10.0 Å². The maximum absolute atomic E-state index is 12.6. The Morgan fingerprint density at radius 3 is 2.43 bits per heavy atom. The quantitative estimate of drug-likeness (QED) is 0.876. The van der Waals surface area contributed by atoms with Crippen molar-refractivity contribution in [3.63, 3.8) is 0 Å². The molecule has 1 aliphatic rings. The first-order chi connectivity index (χ1) is 10.9. The fourth-order valence-corrected chi connectivity index (χ4v) is 4.29. The van der Waals surface area contributed by atoms with E-state index in [1.54, 1.807) is 30.9 Å². The van der Waals surface area contributed by atoms with Crippen molar-refractivity contribution in [3.8, 4) is 0 Å². The lowest BCUT2D eigenvalue weighted by molar-refractivity contribution is 0.0714. The Hall–Kier alpha value is -1.44. The topological polar surface area (TPSA) is 83.7 Å². The van der Waals surface area contributed by atoms with E-state index in [4.69, 9.17) is 5.73 Å². The molecule has 0 bridgehead atoms. The normalized spacial score (nSPS) is 16.8. The predicted octanol–water partition coefficient (Wildman–Crippen LogP) is 1.28. The molecule has 1 fully saturated rings. The molecular weight excluding hydrogens is 314 g/mol. The molecule has 0 atom stereocenters. The van der Waals surface area contributed by atoms with Gasteiger partial charge in [0.05, 0.1) is 4.90 Å². The lowest BCUT2D eigenvalue weighted by Gasteiger charge is -2.30. The van der Waals surface area contributed by atoms with Gasteiger partial charge in [0.1, 0.15) is 0 Å². The average molecular weight is 339 g/mol. The van der Waals surface area contributed by atoms with Crippen LogP contribution < -0.4 is 5.73 Å². The molecule has 2 N–H and O–H groups in total. The Kier molecular flexibility index (Phi) is 5.78. The molecule has 1 aromatic rings. The summed E-state index contributed by atoms with van der Waals surface area (Å²) in [6, 6.07) is 6.45. The summed E-state index contributed by atoms with van der Waals surface area (Å²) in [5.41, 5.74) is 6.27. The lowest BCUT2D eigenvalue weighted by Crippen LogP contribution is -2.42. The molecule has 0 unspecified atom stereocenters. The molecule has 0 saturated carbocycles. The summed E-state index contributed by atoms with van der Waals surface area (Å²) in [6.07, 6.45) is 1.56. The number of carbonyl (C=O) groups is 1. The highest BCUT2D eigenvalue weighted by atomic mass is 32.2. The second kappa shape index (κ2) is 7.42. The van der Waals surface area contributed by atoms with Gasteiger partial charge < -0.3 is 10.6 Å². The Bertz CT molecular complexity index is 648. The predicted molar refractivity (Wildman–Crippen MR) is 89.7 cm³/mol. The maximum Gasteiger partial charge on any atom is 0.253 e. The lowest BCUT2D eigenvalue weighted by atomic mass is 10.0. The number of carbonyl (C=O) groups excluding carboxylic acids is 1. The van der Waals surface area contributed by atoms with Crippen LogP contribution in [0.5, 0.6) is 0 Å². The van der Waals surface area contributed by atoms with Crippen LogP contribution in [0.3, 0.4) is 0 Å². The Morgan fingerprint density at radius 1 is 1.26 bits per heavy atom. The largest absolute Gasteiger partial charge is 0.339 e. The highest BCUT2D eigenvalue weighted by Gasteiger charge is 2.25. The van der Waals surface area contributed by atoms with Gasteiger partial charge in [-0.15, -0.1) is 0 Å². The molecule has 1 heterocycles. The maximum atomic E-state index is 12.6. The van der Waals surface area contributed by atoms with Gasteiger partial charge in [0.2, 0.25) is 10.0 Å². The zero-order chi connectivity index (χ0) is 17.0. The molecule has 1 aromatic carbocycles. The summed E-state index contributed by atoms with van der Waals surface area (Å²) in [6.45, 7) is 5.64. The highest BCUT2D eigenvalue weighted by Crippen LogP contribution is 2.19. The number of hydrogen-bond acceptors (Lipinski definition) is 4. The van der Waals surface area contributed by atoms with Crippen molar-refractivity contribution in [2.24, 2.45) is 5.73 Å². The van der Waals surface area contributed by atoms with Crippen LogP contribution in [0, 0.1) is 0 Å². The fraction of sp³-hybridized carbons (Fsp3) is 0.562. The van der Waals surface area contributed by atoms with Crippen LogP contribution in [0.4, 0.5) is 0 Å². The zero-order valence-electron chi connectivity index (χ0n) is 13.7. The van der Waals surface area contributed by atoms with E-state index >= 15 is 0 Å². The van der Waals surface area contributed by atoms with Crippen LogP contribution in [0.25, 0.3) is 0 Å². The molecule has 7 heteroatoms. The van der Waals surface area contributed by atoms with Gasteiger partial charge in [-0.2, -0.15) is 4.31 Å². The first kappa shape index (κ1) is 17.9. The molecule has 0 aromatic heterocycles. The second-order valence-corrected chi connectivity index (χ2v) is 7.68. The number of benzene rings is 1. The van der Waals surface area contributed by atoms with Crippen LogP contribution >= 0.6 is 0 Å². The van der Waals surface area contributed by atoms with E-state index in [-0.39, 0.29) is 16.8 Å². The van der Waals surface area contributed by atoms with Gasteiger partial charge in [0.15, 0.2) is 0 Å². The van der Waals surface area contributed by atoms with Gasteiger partial charge in [-0.05, 0) is 31.0 Å². The number of piperidine rings is 1. The van der Waals surface area contributed by atoms with Crippen molar-refractivity contribution in [2.45, 2.75) is 37.6 Å². The molecule has 1 aliphatic heterocycles. The van der Waals surface area contributed by atoms with Gasteiger partial charge in [0, 0.05) is 37.8 Å². The van der Waals surface area contributed by atoms with E-state index in [1.807, 2.05) is 0 Å². The summed E-state index contributed by atoms with van der Waals surface area (Å²) >= 11 is 0. The third kappa shape index (κ3) is 3.91. The summed E-state index contributed by atoms with van der Waals surface area (Å²) in [5.74, 6) is -0.131. The van der Waals surface area contributed by atoms with E-state index in [1.165, 1.54) is 16.4 Å². The molecule has 0 radical (unpaired) electrons. The van der Waals surface area contributed by atoms with Crippen molar-refractivity contribution in [1.82, 2.24) is 9.21 Å². The molecule has 1 amide bonds. The molecular formula is C16H25N3O3S. The van der Waals surface area contributed by atoms with E-state index < -0.39 is 10.0 Å². The van der Waals surface area contributed by atoms with Crippen molar-refractivity contribution in [3.05, 3.63) is 29.8 Å².